The van der Waals surface area contributed by atoms with Gasteiger partial charge in [0.15, 0.2) is 0 Å². The van der Waals surface area contributed by atoms with Crippen LogP contribution < -0.4 is 0 Å². The number of fused-ring (bicyclic) bond motifs is 1. The summed E-state index contributed by atoms with van der Waals surface area (Å²) in [5.41, 5.74) is 4.31. The highest BCUT2D eigenvalue weighted by atomic mass is 19.1. The lowest BCUT2D eigenvalue weighted by molar-refractivity contribution is 0.0690. The third-order valence-corrected chi connectivity index (χ3v) is 5.30. The van der Waals surface area contributed by atoms with Crippen molar-refractivity contribution in [3.05, 3.63) is 102 Å². The Balaban J connectivity index is 1.62. The zero-order chi connectivity index (χ0) is 21.4. The number of halogens is 1. The van der Waals surface area contributed by atoms with Crippen molar-refractivity contribution in [2.45, 2.75) is 6.54 Å². The molecule has 0 radical (unpaired) electrons. The van der Waals surface area contributed by atoms with Gasteiger partial charge in [0.25, 0.3) is 0 Å². The summed E-state index contributed by atoms with van der Waals surface area (Å²) in [6.07, 6.45) is 3.95. The molecule has 0 unspecified atom stereocenters. The van der Waals surface area contributed by atoms with E-state index in [-0.39, 0.29) is 11.5 Å². The molecule has 0 bridgehead atoms. The van der Waals surface area contributed by atoms with Crippen molar-refractivity contribution in [2.24, 2.45) is 0 Å². The van der Waals surface area contributed by atoms with E-state index in [1.54, 1.807) is 12.1 Å². The van der Waals surface area contributed by atoms with E-state index in [9.17, 15) is 14.3 Å². The predicted molar refractivity (Wildman–Crippen MR) is 117 cm³/mol. The zero-order valence-corrected chi connectivity index (χ0v) is 16.4. The number of aromatic nitrogens is 3. The van der Waals surface area contributed by atoms with Gasteiger partial charge >= 0.3 is 5.97 Å². The van der Waals surface area contributed by atoms with Gasteiger partial charge in [-0.25, -0.2) is 9.18 Å². The van der Waals surface area contributed by atoms with Gasteiger partial charge < -0.3 is 9.67 Å². The number of carboxylic acid groups (broad SMARTS) is 1. The molecule has 3 aromatic carbocycles. The highest BCUT2D eigenvalue weighted by Crippen LogP contribution is 2.34. The number of nitrogens with one attached hydrogen (secondary N) is 1. The van der Waals surface area contributed by atoms with Gasteiger partial charge in [0, 0.05) is 30.1 Å². The number of hydrogen-bond donors (Lipinski definition) is 2. The van der Waals surface area contributed by atoms with E-state index in [4.69, 9.17) is 0 Å². The molecule has 0 aliphatic carbocycles. The Morgan fingerprint density at radius 3 is 2.42 bits per heavy atom. The maximum absolute atomic E-state index is 13.3. The first-order valence-corrected chi connectivity index (χ1v) is 9.79. The predicted octanol–water partition coefficient (Wildman–Crippen LogP) is 5.58. The molecule has 0 aliphatic heterocycles. The van der Waals surface area contributed by atoms with Crippen molar-refractivity contribution in [1.29, 1.82) is 0 Å². The highest BCUT2D eigenvalue weighted by molar-refractivity contribution is 5.92. The van der Waals surface area contributed by atoms with E-state index in [2.05, 4.69) is 34.5 Å². The molecular weight excluding hydrogens is 393 g/mol. The number of H-pyrrole nitrogens is 1. The van der Waals surface area contributed by atoms with E-state index in [1.807, 2.05) is 35.2 Å². The molecule has 0 saturated carbocycles. The van der Waals surface area contributed by atoms with E-state index >= 15 is 0 Å². The fourth-order valence-electron chi connectivity index (χ4n) is 3.76. The molecule has 5 rings (SSSR count). The molecule has 0 fully saturated rings. The van der Waals surface area contributed by atoms with Crippen molar-refractivity contribution in [1.82, 2.24) is 14.8 Å². The number of carbonyl (C=O) groups is 1. The van der Waals surface area contributed by atoms with E-state index in [0.29, 0.717) is 12.2 Å². The van der Waals surface area contributed by atoms with Crippen molar-refractivity contribution < 1.29 is 14.3 Å². The second-order valence-electron chi connectivity index (χ2n) is 7.42. The molecule has 6 heteroatoms. The number of aromatic amines is 1. The number of benzene rings is 3. The number of hydrogen-bond acceptors (Lipinski definition) is 2. The standard InChI is InChI=1S/C25H18FN3O2/c26-20-9-5-16(6-10-20)13-29-14-21(19-8-7-17-3-1-2-4-18(17)11-19)22(15-29)23-12-24(25(30)31)28-27-23/h1-12,14-15H,13H2,(H,27,28)(H,30,31). The van der Waals surface area contributed by atoms with Crippen LogP contribution in [-0.4, -0.2) is 25.8 Å². The van der Waals surface area contributed by atoms with E-state index in [1.165, 1.54) is 18.2 Å². The summed E-state index contributed by atoms with van der Waals surface area (Å²) in [5, 5.41) is 18.3. The summed E-state index contributed by atoms with van der Waals surface area (Å²) >= 11 is 0. The Labute approximate surface area is 177 Å². The van der Waals surface area contributed by atoms with Crippen molar-refractivity contribution in [2.75, 3.05) is 0 Å². The summed E-state index contributed by atoms with van der Waals surface area (Å²) in [6.45, 7) is 0.553. The minimum absolute atomic E-state index is 0.0331. The van der Waals surface area contributed by atoms with Crippen molar-refractivity contribution in [3.8, 4) is 22.4 Å². The molecule has 0 aliphatic rings. The quantitative estimate of drug-likeness (QED) is 0.396. The lowest BCUT2D eigenvalue weighted by Crippen LogP contribution is -1.96. The van der Waals surface area contributed by atoms with Gasteiger partial charge in [0.1, 0.15) is 11.5 Å². The van der Waals surface area contributed by atoms with Gasteiger partial charge in [-0.2, -0.15) is 5.10 Å². The van der Waals surface area contributed by atoms with Crippen LogP contribution in [0.25, 0.3) is 33.2 Å². The van der Waals surface area contributed by atoms with Crippen LogP contribution in [0.15, 0.2) is 85.2 Å². The molecule has 0 saturated heterocycles. The summed E-state index contributed by atoms with van der Waals surface area (Å²) in [4.78, 5) is 11.3. The highest BCUT2D eigenvalue weighted by Gasteiger charge is 2.16. The average molecular weight is 411 g/mol. The summed E-state index contributed by atoms with van der Waals surface area (Å²) in [6, 6.07) is 22.3. The fourth-order valence-corrected chi connectivity index (χ4v) is 3.76. The van der Waals surface area contributed by atoms with E-state index < -0.39 is 5.97 Å². The molecule has 5 nitrogen and oxygen atoms in total. The second-order valence-corrected chi connectivity index (χ2v) is 7.42. The number of aromatic carboxylic acids is 1. The van der Waals surface area contributed by atoms with Crippen LogP contribution in [0.5, 0.6) is 0 Å². The average Bonchev–Trinajstić information content (AvgIpc) is 3.42. The van der Waals surface area contributed by atoms with Crippen LogP contribution >= 0.6 is 0 Å². The van der Waals surface area contributed by atoms with Crippen LogP contribution in [0, 0.1) is 5.82 Å². The van der Waals surface area contributed by atoms with Gasteiger partial charge in [-0.3, -0.25) is 5.10 Å². The van der Waals surface area contributed by atoms with Crippen LogP contribution in [0.3, 0.4) is 0 Å². The number of carboxylic acids is 1. The Kier molecular flexibility index (Phi) is 4.59. The fraction of sp³-hybridized carbons (Fsp3) is 0.0400. The topological polar surface area (TPSA) is 70.9 Å². The van der Waals surface area contributed by atoms with Gasteiger partial charge in [0.2, 0.25) is 0 Å². The third kappa shape index (κ3) is 3.71. The molecule has 2 aromatic heterocycles. The lowest BCUT2D eigenvalue weighted by Gasteiger charge is -2.05. The number of nitrogens with zero attached hydrogens (tertiary/aromatic N) is 2. The first kappa shape index (κ1) is 18.8. The first-order valence-electron chi connectivity index (χ1n) is 9.79. The molecule has 0 spiro atoms. The van der Waals surface area contributed by atoms with Crippen molar-refractivity contribution >= 4 is 16.7 Å². The first-order chi connectivity index (χ1) is 15.1. The lowest BCUT2D eigenvalue weighted by atomic mass is 9.99. The largest absolute Gasteiger partial charge is 0.477 e. The van der Waals surface area contributed by atoms with Crippen LogP contribution in [0.1, 0.15) is 16.1 Å². The Morgan fingerprint density at radius 2 is 1.68 bits per heavy atom. The van der Waals surface area contributed by atoms with Gasteiger partial charge in [0.05, 0.1) is 5.69 Å². The minimum atomic E-state index is -1.06. The number of rotatable bonds is 5. The van der Waals surface area contributed by atoms with E-state index in [0.717, 1.165) is 33.0 Å². The molecular formula is C25H18FN3O2. The van der Waals surface area contributed by atoms with Gasteiger partial charge in [-0.05, 0) is 46.2 Å². The van der Waals surface area contributed by atoms with Crippen LogP contribution in [-0.2, 0) is 6.54 Å². The Bertz CT molecular complexity index is 1400. The maximum Gasteiger partial charge on any atom is 0.353 e. The smallest absolute Gasteiger partial charge is 0.353 e. The Hall–Kier alpha value is -4.19. The summed E-state index contributed by atoms with van der Waals surface area (Å²) < 4.78 is 15.3. The third-order valence-electron chi connectivity index (χ3n) is 5.30. The normalized spacial score (nSPS) is 11.1. The monoisotopic (exact) mass is 411 g/mol. The maximum atomic E-state index is 13.3. The minimum Gasteiger partial charge on any atom is -0.477 e. The van der Waals surface area contributed by atoms with Crippen LogP contribution in [0.2, 0.25) is 0 Å². The summed E-state index contributed by atoms with van der Waals surface area (Å²) in [5.74, 6) is -1.33. The Morgan fingerprint density at radius 1 is 0.935 bits per heavy atom. The molecule has 2 heterocycles. The molecule has 31 heavy (non-hydrogen) atoms. The summed E-state index contributed by atoms with van der Waals surface area (Å²) in [7, 11) is 0. The molecule has 5 aromatic rings. The molecule has 0 atom stereocenters. The molecule has 0 amide bonds. The van der Waals surface area contributed by atoms with Gasteiger partial charge in [-0.15, -0.1) is 0 Å². The molecule has 152 valence electrons. The zero-order valence-electron chi connectivity index (χ0n) is 16.4. The van der Waals surface area contributed by atoms with Crippen molar-refractivity contribution in [3.63, 3.8) is 0 Å². The van der Waals surface area contributed by atoms with Gasteiger partial charge in [-0.1, -0.05) is 48.5 Å². The molecule has 2 N–H and O–H groups in total. The second kappa shape index (κ2) is 7.57. The van der Waals surface area contributed by atoms with Crippen LogP contribution in [0.4, 0.5) is 4.39 Å². The SMILES string of the molecule is O=C(O)c1cc(-c2cn(Cc3ccc(F)cc3)cc2-c2ccc3ccccc3c2)n[nH]1.